The van der Waals surface area contributed by atoms with E-state index < -0.39 is 0 Å². The van der Waals surface area contributed by atoms with Crippen molar-refractivity contribution in [1.82, 2.24) is 10.6 Å². The van der Waals surface area contributed by atoms with Gasteiger partial charge in [0.05, 0.1) is 0 Å². The topological polar surface area (TPSA) is 41.1 Å². The summed E-state index contributed by atoms with van der Waals surface area (Å²) in [6.07, 6.45) is 1.32. The summed E-state index contributed by atoms with van der Waals surface area (Å²) in [5.74, 6) is 0. The maximum Gasteiger partial charge on any atom is 0.318 e. The average molecular weight is 100 g/mol. The van der Waals surface area contributed by atoms with E-state index in [2.05, 4.69) is 17.2 Å². The van der Waals surface area contributed by atoms with E-state index in [9.17, 15) is 4.79 Å². The van der Waals surface area contributed by atoms with Crippen molar-refractivity contribution in [3.05, 3.63) is 12.8 Å². The van der Waals surface area contributed by atoms with Crippen molar-refractivity contribution in [3.8, 4) is 0 Å². The highest BCUT2D eigenvalue weighted by molar-refractivity contribution is 5.74. The van der Waals surface area contributed by atoms with E-state index in [4.69, 9.17) is 0 Å². The number of hydrogen-bond acceptors (Lipinski definition) is 1. The average Bonchev–Trinajstić information content (AvgIpc) is 1.68. The van der Waals surface area contributed by atoms with Gasteiger partial charge in [-0.3, -0.25) is 0 Å². The highest BCUT2D eigenvalue weighted by Gasteiger charge is 1.84. The largest absolute Gasteiger partial charge is 0.341 e. The van der Waals surface area contributed by atoms with E-state index in [0.29, 0.717) is 0 Å². The van der Waals surface area contributed by atoms with Crippen molar-refractivity contribution in [2.24, 2.45) is 0 Å². The summed E-state index contributed by atoms with van der Waals surface area (Å²) in [7, 11) is 1.54. The van der Waals surface area contributed by atoms with Crippen LogP contribution < -0.4 is 10.6 Å². The summed E-state index contributed by atoms with van der Waals surface area (Å²) in [6, 6.07) is -0.241. The van der Waals surface area contributed by atoms with Crippen LogP contribution in [0.5, 0.6) is 0 Å². The third kappa shape index (κ3) is 2.82. The number of urea groups is 1. The molecule has 0 unspecified atom stereocenters. The molecule has 0 aliphatic heterocycles. The van der Waals surface area contributed by atoms with Gasteiger partial charge in [0.25, 0.3) is 0 Å². The predicted molar refractivity (Wildman–Crippen MR) is 27.8 cm³/mol. The van der Waals surface area contributed by atoms with Crippen molar-refractivity contribution in [1.29, 1.82) is 0 Å². The second-order valence-electron chi connectivity index (χ2n) is 0.928. The summed E-state index contributed by atoms with van der Waals surface area (Å²) in [6.45, 7) is 3.28. The lowest BCUT2D eigenvalue weighted by atomic mass is 10.9. The molecule has 0 rings (SSSR count). The third-order valence-corrected chi connectivity index (χ3v) is 0.460. The van der Waals surface area contributed by atoms with Crippen LogP contribution in [-0.2, 0) is 0 Å². The van der Waals surface area contributed by atoms with Gasteiger partial charge in [-0.15, -0.1) is 0 Å². The monoisotopic (exact) mass is 100 g/mol. The zero-order chi connectivity index (χ0) is 5.70. The van der Waals surface area contributed by atoms with E-state index >= 15 is 0 Å². The molecular formula is C4H8N2O. The molecule has 0 aromatic carbocycles. The zero-order valence-electron chi connectivity index (χ0n) is 4.19. The summed E-state index contributed by atoms with van der Waals surface area (Å²) in [4.78, 5) is 10.1. The molecule has 0 aliphatic rings. The Morgan fingerprint density at radius 2 is 2.43 bits per heavy atom. The van der Waals surface area contributed by atoms with Crippen molar-refractivity contribution >= 4 is 6.03 Å². The molecule has 2 amide bonds. The molecule has 0 aromatic heterocycles. The van der Waals surface area contributed by atoms with E-state index in [0.717, 1.165) is 0 Å². The fraction of sp³-hybridized carbons (Fsp3) is 0.250. The zero-order valence-corrected chi connectivity index (χ0v) is 4.19. The van der Waals surface area contributed by atoms with Gasteiger partial charge in [0, 0.05) is 7.05 Å². The van der Waals surface area contributed by atoms with Crippen molar-refractivity contribution in [3.63, 3.8) is 0 Å². The molecule has 0 atom stereocenters. The smallest absolute Gasteiger partial charge is 0.318 e. The Balaban J connectivity index is 3.17. The van der Waals surface area contributed by atoms with Gasteiger partial charge in [-0.05, 0) is 6.20 Å². The molecule has 40 valence electrons. The SMILES string of the molecule is C=CNC(=O)NC. The van der Waals surface area contributed by atoms with E-state index in [1.807, 2.05) is 0 Å². The minimum absolute atomic E-state index is 0.241. The Labute approximate surface area is 42.4 Å². The standard InChI is InChI=1S/C4H8N2O/c1-3-6-4(7)5-2/h3H,1H2,2H3,(H2,5,6,7). The van der Waals surface area contributed by atoms with Crippen LogP contribution in [0.4, 0.5) is 4.79 Å². The number of nitrogens with one attached hydrogen (secondary N) is 2. The molecule has 0 saturated carbocycles. The number of carbonyl (C=O) groups excluding carboxylic acids is 1. The van der Waals surface area contributed by atoms with Gasteiger partial charge in [0.1, 0.15) is 0 Å². The molecule has 0 spiro atoms. The van der Waals surface area contributed by atoms with Crippen LogP contribution in [0.3, 0.4) is 0 Å². The van der Waals surface area contributed by atoms with Crippen LogP contribution in [0.25, 0.3) is 0 Å². The van der Waals surface area contributed by atoms with Crippen LogP contribution in [0.2, 0.25) is 0 Å². The molecule has 0 bridgehead atoms. The maximum atomic E-state index is 10.1. The fourth-order valence-corrected chi connectivity index (χ4v) is 0.165. The highest BCUT2D eigenvalue weighted by Crippen LogP contribution is 1.55. The fourth-order valence-electron chi connectivity index (χ4n) is 0.165. The lowest BCUT2D eigenvalue weighted by Crippen LogP contribution is -2.28. The first kappa shape index (κ1) is 6.01. The van der Waals surface area contributed by atoms with Gasteiger partial charge in [-0.25, -0.2) is 4.79 Å². The first-order valence-electron chi connectivity index (χ1n) is 1.90. The third-order valence-electron chi connectivity index (χ3n) is 0.460. The summed E-state index contributed by atoms with van der Waals surface area (Å²) < 4.78 is 0. The van der Waals surface area contributed by atoms with Crippen molar-refractivity contribution in [2.75, 3.05) is 7.05 Å². The number of carbonyl (C=O) groups is 1. The van der Waals surface area contributed by atoms with E-state index in [1.165, 1.54) is 6.20 Å². The highest BCUT2D eigenvalue weighted by atomic mass is 16.2. The van der Waals surface area contributed by atoms with Gasteiger partial charge < -0.3 is 10.6 Å². The Kier molecular flexibility index (Phi) is 2.76. The number of hydrogen-bond donors (Lipinski definition) is 2. The Morgan fingerprint density at radius 3 is 2.57 bits per heavy atom. The van der Waals surface area contributed by atoms with Gasteiger partial charge in [0.15, 0.2) is 0 Å². The van der Waals surface area contributed by atoms with Crippen LogP contribution in [0.15, 0.2) is 12.8 Å². The maximum absolute atomic E-state index is 10.1. The Hall–Kier alpha value is -0.990. The van der Waals surface area contributed by atoms with Crippen LogP contribution >= 0.6 is 0 Å². The normalized spacial score (nSPS) is 7.00. The second kappa shape index (κ2) is 3.21. The number of rotatable bonds is 1. The first-order chi connectivity index (χ1) is 3.31. The summed E-state index contributed by atoms with van der Waals surface area (Å²) in [5, 5.41) is 4.65. The summed E-state index contributed by atoms with van der Waals surface area (Å²) in [5.41, 5.74) is 0. The molecule has 0 aliphatic carbocycles. The molecule has 3 nitrogen and oxygen atoms in total. The molecule has 0 radical (unpaired) electrons. The van der Waals surface area contributed by atoms with Crippen LogP contribution in [0.1, 0.15) is 0 Å². The Morgan fingerprint density at radius 1 is 1.86 bits per heavy atom. The molecular weight excluding hydrogens is 92.1 g/mol. The molecule has 7 heavy (non-hydrogen) atoms. The van der Waals surface area contributed by atoms with Gasteiger partial charge >= 0.3 is 6.03 Å². The first-order valence-corrected chi connectivity index (χ1v) is 1.90. The Bertz CT molecular complexity index is 79.8. The van der Waals surface area contributed by atoms with Gasteiger partial charge in [-0.1, -0.05) is 6.58 Å². The molecule has 2 N–H and O–H groups in total. The van der Waals surface area contributed by atoms with Crippen LogP contribution in [0, 0.1) is 0 Å². The molecule has 0 heterocycles. The lowest BCUT2D eigenvalue weighted by molar-refractivity contribution is 0.246. The molecule has 3 heteroatoms. The van der Waals surface area contributed by atoms with Crippen molar-refractivity contribution < 1.29 is 4.79 Å². The molecule has 0 fully saturated rings. The quantitative estimate of drug-likeness (QED) is 0.480. The van der Waals surface area contributed by atoms with Crippen LogP contribution in [-0.4, -0.2) is 13.1 Å². The molecule has 0 saturated heterocycles. The molecule has 0 aromatic rings. The minimum Gasteiger partial charge on any atom is -0.341 e. The van der Waals surface area contributed by atoms with Crippen molar-refractivity contribution in [2.45, 2.75) is 0 Å². The second-order valence-corrected chi connectivity index (χ2v) is 0.928. The lowest BCUT2D eigenvalue weighted by Gasteiger charge is -1.92. The minimum atomic E-state index is -0.241. The summed E-state index contributed by atoms with van der Waals surface area (Å²) >= 11 is 0. The van der Waals surface area contributed by atoms with E-state index in [1.54, 1.807) is 7.05 Å². The van der Waals surface area contributed by atoms with Gasteiger partial charge in [0.2, 0.25) is 0 Å². The van der Waals surface area contributed by atoms with Gasteiger partial charge in [-0.2, -0.15) is 0 Å². The predicted octanol–water partition coefficient (Wildman–Crippen LogP) is 0.0589. The number of amides is 2. The van der Waals surface area contributed by atoms with E-state index in [-0.39, 0.29) is 6.03 Å².